The first-order valence-electron chi connectivity index (χ1n) is 6.21. The Labute approximate surface area is 122 Å². The summed E-state index contributed by atoms with van der Waals surface area (Å²) >= 11 is 0. The lowest BCUT2D eigenvalue weighted by Crippen LogP contribution is -2.14. The molecule has 1 N–H and O–H groups in total. The fourth-order valence-corrected chi connectivity index (χ4v) is 1.95. The van der Waals surface area contributed by atoms with Crippen molar-refractivity contribution in [1.29, 1.82) is 0 Å². The van der Waals surface area contributed by atoms with Crippen LogP contribution >= 0.6 is 0 Å². The second-order valence-electron chi connectivity index (χ2n) is 4.48. The van der Waals surface area contributed by atoms with E-state index in [0.29, 0.717) is 5.65 Å². The van der Waals surface area contributed by atoms with Gasteiger partial charge >= 0.3 is 6.18 Å². The second kappa shape index (κ2) is 5.14. The smallest absolute Gasteiger partial charge is 0.321 e. The molecular weight excluding hydrogens is 297 g/mol. The van der Waals surface area contributed by atoms with Gasteiger partial charge in [0.1, 0.15) is 5.69 Å². The first-order valence-corrected chi connectivity index (χ1v) is 6.21. The number of hydrogen-bond donors (Lipinski definition) is 1. The van der Waals surface area contributed by atoms with Gasteiger partial charge in [-0.15, -0.1) is 0 Å². The van der Waals surface area contributed by atoms with Gasteiger partial charge in [0, 0.05) is 18.1 Å². The number of carbonyl (C=O) groups excluding carboxylic acids is 1. The molecule has 2 aromatic heterocycles. The molecule has 0 atom stereocenters. The van der Waals surface area contributed by atoms with Gasteiger partial charge in [-0.05, 0) is 24.3 Å². The fourth-order valence-electron chi connectivity index (χ4n) is 1.95. The van der Waals surface area contributed by atoms with Crippen molar-refractivity contribution in [3.8, 4) is 0 Å². The van der Waals surface area contributed by atoms with E-state index in [1.54, 1.807) is 6.20 Å². The van der Waals surface area contributed by atoms with Crippen molar-refractivity contribution in [1.82, 2.24) is 14.4 Å². The SMILES string of the molecule is O=C(Nc1ccc(C(F)(F)F)cc1)c1cnc2cnccn12. The van der Waals surface area contributed by atoms with Crippen molar-refractivity contribution in [2.75, 3.05) is 5.32 Å². The van der Waals surface area contributed by atoms with Crippen LogP contribution in [0, 0.1) is 0 Å². The van der Waals surface area contributed by atoms with Gasteiger partial charge in [-0.3, -0.25) is 14.2 Å². The zero-order valence-corrected chi connectivity index (χ0v) is 11.0. The van der Waals surface area contributed by atoms with Crippen LogP contribution in [0.25, 0.3) is 5.65 Å². The summed E-state index contributed by atoms with van der Waals surface area (Å²) in [4.78, 5) is 20.1. The predicted molar refractivity (Wildman–Crippen MR) is 72.4 cm³/mol. The number of nitrogens with zero attached hydrogens (tertiary/aromatic N) is 3. The van der Waals surface area contributed by atoms with Crippen molar-refractivity contribution < 1.29 is 18.0 Å². The van der Waals surface area contributed by atoms with Gasteiger partial charge in [-0.2, -0.15) is 13.2 Å². The fraction of sp³-hybridized carbons (Fsp3) is 0.0714. The summed E-state index contributed by atoms with van der Waals surface area (Å²) in [6.07, 6.45) is 1.54. The number of alkyl halides is 3. The molecule has 0 radical (unpaired) electrons. The van der Waals surface area contributed by atoms with Crippen molar-refractivity contribution in [3.63, 3.8) is 0 Å². The largest absolute Gasteiger partial charge is 0.416 e. The molecule has 2 heterocycles. The van der Waals surface area contributed by atoms with Crippen LogP contribution in [-0.2, 0) is 6.18 Å². The van der Waals surface area contributed by atoms with Crippen LogP contribution in [-0.4, -0.2) is 20.3 Å². The highest BCUT2D eigenvalue weighted by molar-refractivity contribution is 6.03. The zero-order chi connectivity index (χ0) is 15.7. The lowest BCUT2D eigenvalue weighted by Gasteiger charge is -2.08. The highest BCUT2D eigenvalue weighted by atomic mass is 19.4. The van der Waals surface area contributed by atoms with E-state index in [4.69, 9.17) is 0 Å². The molecule has 0 saturated carbocycles. The van der Waals surface area contributed by atoms with Crippen LogP contribution in [0.15, 0.2) is 49.1 Å². The van der Waals surface area contributed by atoms with E-state index in [0.717, 1.165) is 12.1 Å². The van der Waals surface area contributed by atoms with Gasteiger partial charge in [0.15, 0.2) is 5.65 Å². The number of carbonyl (C=O) groups is 1. The van der Waals surface area contributed by atoms with Crippen molar-refractivity contribution in [3.05, 3.63) is 60.3 Å². The van der Waals surface area contributed by atoms with E-state index in [1.807, 2.05) is 0 Å². The minimum atomic E-state index is -4.41. The van der Waals surface area contributed by atoms with Gasteiger partial charge in [0.2, 0.25) is 0 Å². The highest BCUT2D eigenvalue weighted by Crippen LogP contribution is 2.29. The summed E-state index contributed by atoms with van der Waals surface area (Å²) < 4.78 is 39.0. The Hall–Kier alpha value is -2.90. The molecule has 5 nitrogen and oxygen atoms in total. The van der Waals surface area contributed by atoms with E-state index in [2.05, 4.69) is 15.3 Å². The minimum absolute atomic E-state index is 0.261. The topological polar surface area (TPSA) is 59.3 Å². The lowest BCUT2D eigenvalue weighted by atomic mass is 10.2. The Balaban J connectivity index is 1.82. The van der Waals surface area contributed by atoms with Crippen LogP contribution in [0.4, 0.5) is 18.9 Å². The van der Waals surface area contributed by atoms with Crippen LogP contribution < -0.4 is 5.32 Å². The Morgan fingerprint density at radius 3 is 2.55 bits per heavy atom. The molecule has 0 spiro atoms. The molecule has 3 rings (SSSR count). The summed E-state index contributed by atoms with van der Waals surface area (Å²) in [6.45, 7) is 0. The molecule has 112 valence electrons. The number of fused-ring (bicyclic) bond motifs is 1. The quantitative estimate of drug-likeness (QED) is 0.792. The molecule has 0 aliphatic carbocycles. The van der Waals surface area contributed by atoms with Crippen molar-refractivity contribution >= 4 is 17.2 Å². The number of anilines is 1. The number of halogens is 3. The van der Waals surface area contributed by atoms with Gasteiger partial charge in [-0.1, -0.05) is 0 Å². The van der Waals surface area contributed by atoms with Gasteiger partial charge in [-0.25, -0.2) is 4.98 Å². The second-order valence-corrected chi connectivity index (χ2v) is 4.48. The molecule has 0 aliphatic rings. The van der Waals surface area contributed by atoms with Gasteiger partial charge in [0.25, 0.3) is 5.91 Å². The Bertz CT molecular complexity index is 824. The van der Waals surface area contributed by atoms with Crippen molar-refractivity contribution in [2.45, 2.75) is 6.18 Å². The average molecular weight is 306 g/mol. The van der Waals surface area contributed by atoms with Gasteiger partial charge in [0.05, 0.1) is 18.0 Å². The molecule has 22 heavy (non-hydrogen) atoms. The van der Waals surface area contributed by atoms with Crippen LogP contribution in [0.1, 0.15) is 16.1 Å². The number of imidazole rings is 1. The maximum absolute atomic E-state index is 12.5. The molecule has 1 aromatic carbocycles. The van der Waals surface area contributed by atoms with Crippen LogP contribution in [0.2, 0.25) is 0 Å². The summed E-state index contributed by atoms with van der Waals surface area (Å²) in [5.41, 5.74) is 0.255. The summed E-state index contributed by atoms with van der Waals surface area (Å²) in [6, 6.07) is 4.22. The molecule has 0 aliphatic heterocycles. The van der Waals surface area contributed by atoms with Crippen molar-refractivity contribution in [2.24, 2.45) is 0 Å². The van der Waals surface area contributed by atoms with Crippen LogP contribution in [0.3, 0.4) is 0 Å². The molecular formula is C14H9F3N4O. The first-order chi connectivity index (χ1) is 10.4. The summed E-state index contributed by atoms with van der Waals surface area (Å²) in [5, 5.41) is 2.53. The zero-order valence-electron chi connectivity index (χ0n) is 11.0. The molecule has 1 amide bonds. The van der Waals surface area contributed by atoms with E-state index < -0.39 is 17.6 Å². The maximum Gasteiger partial charge on any atom is 0.416 e. The molecule has 8 heteroatoms. The van der Waals surface area contributed by atoms with E-state index in [9.17, 15) is 18.0 Å². The Kier molecular flexibility index (Phi) is 3.28. The third-order valence-electron chi connectivity index (χ3n) is 3.02. The number of rotatable bonds is 2. The molecule has 0 fully saturated rings. The predicted octanol–water partition coefficient (Wildman–Crippen LogP) is 3.00. The number of benzene rings is 1. The van der Waals surface area contributed by atoms with E-state index in [1.165, 1.54) is 35.1 Å². The van der Waals surface area contributed by atoms with E-state index >= 15 is 0 Å². The standard InChI is InChI=1S/C14H9F3N4O/c15-14(16,17)9-1-3-10(4-2-9)20-13(22)11-7-19-12-8-18-5-6-21(11)12/h1-8H,(H,20,22). The first kappa shape index (κ1) is 14.1. The number of hydrogen-bond acceptors (Lipinski definition) is 3. The Morgan fingerprint density at radius 1 is 1.14 bits per heavy atom. The number of nitrogens with one attached hydrogen (secondary N) is 1. The summed E-state index contributed by atoms with van der Waals surface area (Å²) in [7, 11) is 0. The Morgan fingerprint density at radius 2 is 1.86 bits per heavy atom. The van der Waals surface area contributed by atoms with Crippen LogP contribution in [0.5, 0.6) is 0 Å². The highest BCUT2D eigenvalue weighted by Gasteiger charge is 2.30. The third kappa shape index (κ3) is 2.62. The average Bonchev–Trinajstić information content (AvgIpc) is 2.91. The monoisotopic (exact) mass is 306 g/mol. The molecule has 0 bridgehead atoms. The number of aromatic nitrogens is 3. The minimum Gasteiger partial charge on any atom is -0.321 e. The molecule has 0 saturated heterocycles. The third-order valence-corrected chi connectivity index (χ3v) is 3.02. The maximum atomic E-state index is 12.5. The van der Waals surface area contributed by atoms with Gasteiger partial charge < -0.3 is 5.32 Å². The normalized spacial score (nSPS) is 11.6. The lowest BCUT2D eigenvalue weighted by molar-refractivity contribution is -0.137. The number of amides is 1. The van der Waals surface area contributed by atoms with E-state index in [-0.39, 0.29) is 11.4 Å². The molecule has 3 aromatic rings. The summed E-state index contributed by atoms with van der Waals surface area (Å²) in [5.74, 6) is -0.474. The molecule has 0 unspecified atom stereocenters.